The highest BCUT2D eigenvalue weighted by molar-refractivity contribution is 5.78. The summed E-state index contributed by atoms with van der Waals surface area (Å²) < 4.78 is 0. The Labute approximate surface area is 66.2 Å². The van der Waals surface area contributed by atoms with Crippen molar-refractivity contribution < 1.29 is 5.21 Å². The molecule has 1 N–H and O–H groups in total. The van der Waals surface area contributed by atoms with E-state index in [9.17, 15) is 0 Å². The molecule has 0 bridgehead atoms. The third kappa shape index (κ3) is 2.08. The highest BCUT2D eigenvalue weighted by atomic mass is 16.4. The summed E-state index contributed by atoms with van der Waals surface area (Å²) in [4.78, 5) is 0. The molecule has 0 saturated carbocycles. The van der Waals surface area contributed by atoms with Crippen LogP contribution in [0.15, 0.2) is 23.4 Å². The lowest BCUT2D eigenvalue weighted by Crippen LogP contribution is -1.85. The van der Waals surface area contributed by atoms with E-state index in [1.54, 1.807) is 0 Å². The lowest BCUT2D eigenvalue weighted by atomic mass is 10.1. The van der Waals surface area contributed by atoms with Gasteiger partial charge >= 0.3 is 0 Å². The van der Waals surface area contributed by atoms with Crippen LogP contribution < -0.4 is 0 Å². The first-order valence-electron chi connectivity index (χ1n) is 3.55. The van der Waals surface area contributed by atoms with Gasteiger partial charge in [-0.05, 0) is 18.1 Å². The molecule has 0 aliphatic rings. The standard InChI is InChI=1S/C9H10NO/c1-2-8-4-3-5-9(6-8)7-10-11/h3-5,7,11H,2H2,1H3/b10-7-. The summed E-state index contributed by atoms with van der Waals surface area (Å²) in [5.74, 6) is 0. The predicted octanol–water partition coefficient (Wildman–Crippen LogP) is 1.86. The minimum Gasteiger partial charge on any atom is -0.411 e. The fourth-order valence-corrected chi connectivity index (χ4v) is 0.880. The van der Waals surface area contributed by atoms with E-state index in [2.05, 4.69) is 18.1 Å². The second-order valence-electron chi connectivity index (χ2n) is 2.23. The SMILES string of the molecule is CCc1[c]c(/C=N\O)ccc1. The number of rotatable bonds is 2. The quantitative estimate of drug-likeness (QED) is 0.387. The van der Waals surface area contributed by atoms with Crippen molar-refractivity contribution in [3.63, 3.8) is 0 Å². The summed E-state index contributed by atoms with van der Waals surface area (Å²) in [6.07, 6.45) is 2.33. The number of hydrogen-bond acceptors (Lipinski definition) is 2. The zero-order valence-corrected chi connectivity index (χ0v) is 6.41. The maximum Gasteiger partial charge on any atom is 0.0740 e. The molecule has 0 spiro atoms. The molecular weight excluding hydrogens is 138 g/mol. The molecule has 11 heavy (non-hydrogen) atoms. The van der Waals surface area contributed by atoms with Crippen molar-refractivity contribution in [2.45, 2.75) is 13.3 Å². The maximum atomic E-state index is 8.23. The van der Waals surface area contributed by atoms with Gasteiger partial charge in [-0.15, -0.1) is 0 Å². The van der Waals surface area contributed by atoms with Crippen LogP contribution in [0.25, 0.3) is 0 Å². The van der Waals surface area contributed by atoms with Crippen molar-refractivity contribution in [2.24, 2.45) is 5.16 Å². The van der Waals surface area contributed by atoms with Crippen molar-refractivity contribution in [1.29, 1.82) is 0 Å². The first kappa shape index (κ1) is 7.79. The number of hydrogen-bond donors (Lipinski definition) is 1. The summed E-state index contributed by atoms with van der Waals surface area (Å²) >= 11 is 0. The van der Waals surface area contributed by atoms with Crippen LogP contribution in [0.1, 0.15) is 18.1 Å². The molecule has 1 radical (unpaired) electrons. The van der Waals surface area contributed by atoms with Crippen LogP contribution in [-0.2, 0) is 6.42 Å². The average Bonchev–Trinajstić information content (AvgIpc) is 2.06. The van der Waals surface area contributed by atoms with Crippen molar-refractivity contribution in [1.82, 2.24) is 0 Å². The molecule has 57 valence electrons. The molecule has 0 heterocycles. The average molecular weight is 148 g/mol. The summed E-state index contributed by atoms with van der Waals surface area (Å²) in [7, 11) is 0. The summed E-state index contributed by atoms with van der Waals surface area (Å²) in [5.41, 5.74) is 1.94. The van der Waals surface area contributed by atoms with Gasteiger partial charge < -0.3 is 5.21 Å². The zero-order valence-electron chi connectivity index (χ0n) is 6.41. The van der Waals surface area contributed by atoms with Crippen LogP contribution in [0.3, 0.4) is 0 Å². The Morgan fingerprint density at radius 2 is 2.45 bits per heavy atom. The van der Waals surface area contributed by atoms with E-state index in [0.29, 0.717) is 0 Å². The molecule has 0 amide bonds. The fraction of sp³-hybridized carbons (Fsp3) is 0.222. The zero-order chi connectivity index (χ0) is 8.10. The van der Waals surface area contributed by atoms with E-state index < -0.39 is 0 Å². The van der Waals surface area contributed by atoms with Gasteiger partial charge in [0.25, 0.3) is 0 Å². The van der Waals surface area contributed by atoms with E-state index >= 15 is 0 Å². The Morgan fingerprint density at radius 1 is 1.64 bits per heavy atom. The summed E-state index contributed by atoms with van der Waals surface area (Å²) in [5, 5.41) is 11.2. The highest BCUT2D eigenvalue weighted by Gasteiger charge is 1.90. The minimum atomic E-state index is 0.812. The largest absolute Gasteiger partial charge is 0.411 e. The Hall–Kier alpha value is -1.31. The molecule has 0 aliphatic carbocycles. The molecule has 0 aromatic heterocycles. The van der Waals surface area contributed by atoms with Gasteiger partial charge in [-0.25, -0.2) is 0 Å². The van der Waals surface area contributed by atoms with Gasteiger partial charge in [0, 0.05) is 5.56 Å². The van der Waals surface area contributed by atoms with E-state index in [1.807, 2.05) is 18.2 Å². The second-order valence-corrected chi connectivity index (χ2v) is 2.23. The Bertz CT molecular complexity index is 255. The van der Waals surface area contributed by atoms with Crippen LogP contribution in [0.5, 0.6) is 0 Å². The van der Waals surface area contributed by atoms with Gasteiger partial charge in [-0.1, -0.05) is 30.3 Å². The number of oxime groups is 1. The van der Waals surface area contributed by atoms with Gasteiger partial charge in [-0.2, -0.15) is 0 Å². The van der Waals surface area contributed by atoms with Crippen LogP contribution in [0.4, 0.5) is 0 Å². The van der Waals surface area contributed by atoms with Gasteiger partial charge in [0.1, 0.15) is 0 Å². The van der Waals surface area contributed by atoms with Crippen molar-refractivity contribution in [3.8, 4) is 0 Å². The van der Waals surface area contributed by atoms with Gasteiger partial charge in [0.05, 0.1) is 6.21 Å². The molecule has 1 aromatic rings. The molecule has 0 saturated heterocycles. The van der Waals surface area contributed by atoms with Crippen molar-refractivity contribution >= 4 is 6.21 Å². The molecule has 2 nitrogen and oxygen atoms in total. The summed E-state index contributed by atoms with van der Waals surface area (Å²) in [6.45, 7) is 2.06. The van der Waals surface area contributed by atoms with Gasteiger partial charge in [0.15, 0.2) is 0 Å². The fourth-order valence-electron chi connectivity index (χ4n) is 0.880. The van der Waals surface area contributed by atoms with Crippen LogP contribution in [-0.4, -0.2) is 11.4 Å². The number of benzene rings is 1. The molecule has 0 aliphatic heterocycles. The predicted molar refractivity (Wildman–Crippen MR) is 44.0 cm³/mol. The summed E-state index contributed by atoms with van der Waals surface area (Å²) in [6, 6.07) is 8.85. The lowest BCUT2D eigenvalue weighted by molar-refractivity contribution is 0.322. The van der Waals surface area contributed by atoms with Crippen molar-refractivity contribution in [3.05, 3.63) is 35.4 Å². The number of aryl methyl sites for hydroxylation is 1. The van der Waals surface area contributed by atoms with Crippen LogP contribution in [0.2, 0.25) is 0 Å². The van der Waals surface area contributed by atoms with E-state index in [4.69, 9.17) is 5.21 Å². The molecule has 2 heteroatoms. The van der Waals surface area contributed by atoms with Crippen LogP contribution >= 0.6 is 0 Å². The lowest BCUT2D eigenvalue weighted by Gasteiger charge is -1.95. The van der Waals surface area contributed by atoms with Crippen molar-refractivity contribution in [2.75, 3.05) is 0 Å². The van der Waals surface area contributed by atoms with Gasteiger partial charge in [0.2, 0.25) is 0 Å². The molecule has 1 rings (SSSR count). The third-order valence-electron chi connectivity index (χ3n) is 1.46. The maximum absolute atomic E-state index is 8.23. The van der Waals surface area contributed by atoms with Gasteiger partial charge in [-0.3, -0.25) is 0 Å². The Kier molecular flexibility index (Phi) is 2.66. The molecule has 1 aromatic carbocycles. The highest BCUT2D eigenvalue weighted by Crippen LogP contribution is 2.02. The Balaban J connectivity index is 2.91. The first-order chi connectivity index (χ1) is 5.36. The van der Waals surface area contributed by atoms with E-state index in [1.165, 1.54) is 6.21 Å². The topological polar surface area (TPSA) is 32.6 Å². The first-order valence-corrected chi connectivity index (χ1v) is 3.55. The molecule has 0 unspecified atom stereocenters. The molecular formula is C9H10NO. The second kappa shape index (κ2) is 3.76. The Morgan fingerprint density at radius 3 is 3.09 bits per heavy atom. The monoisotopic (exact) mass is 148 g/mol. The van der Waals surface area contributed by atoms with E-state index in [-0.39, 0.29) is 0 Å². The third-order valence-corrected chi connectivity index (χ3v) is 1.46. The van der Waals surface area contributed by atoms with Crippen LogP contribution in [0, 0.1) is 6.07 Å². The smallest absolute Gasteiger partial charge is 0.0740 e. The number of nitrogens with zero attached hydrogens (tertiary/aromatic N) is 1. The van der Waals surface area contributed by atoms with E-state index in [0.717, 1.165) is 17.5 Å². The normalized spacial score (nSPS) is 10.6. The molecule has 0 fully saturated rings. The minimum absolute atomic E-state index is 0.812. The molecule has 0 atom stereocenters.